The number of hydrogen-bond donors (Lipinski definition) is 0. The van der Waals surface area contributed by atoms with Gasteiger partial charge in [-0.1, -0.05) is 15.9 Å². The first-order valence-electron chi connectivity index (χ1n) is 4.37. The maximum atomic E-state index is 11.8. The van der Waals surface area contributed by atoms with Gasteiger partial charge in [0.1, 0.15) is 0 Å². The highest BCUT2D eigenvalue weighted by Gasteiger charge is 2.02. The molecule has 0 bridgehead atoms. The molecule has 0 aliphatic rings. The van der Waals surface area contributed by atoms with Crippen molar-refractivity contribution < 1.29 is 0 Å². The maximum Gasteiger partial charge on any atom is 0.261 e. The number of benzene rings is 1. The van der Waals surface area contributed by atoms with Crippen molar-refractivity contribution in [2.75, 3.05) is 0 Å². The highest BCUT2D eigenvalue weighted by molar-refractivity contribution is 9.10. The minimum Gasteiger partial charge on any atom is -0.299 e. The number of nitrogens with zero attached hydrogens (tertiary/aromatic N) is 2. The summed E-state index contributed by atoms with van der Waals surface area (Å²) in [5.74, 6) is 0. The van der Waals surface area contributed by atoms with E-state index in [1.165, 1.54) is 0 Å². The lowest BCUT2D eigenvalue weighted by molar-refractivity contribution is 0.717. The summed E-state index contributed by atoms with van der Waals surface area (Å²) in [4.78, 5) is 16.0. The molecule has 1 aromatic carbocycles. The van der Waals surface area contributed by atoms with E-state index in [-0.39, 0.29) is 5.56 Å². The van der Waals surface area contributed by atoms with Crippen molar-refractivity contribution in [3.63, 3.8) is 0 Å². The third kappa shape index (κ3) is 1.46. The van der Waals surface area contributed by atoms with Crippen molar-refractivity contribution in [2.24, 2.45) is 0 Å². The first-order chi connectivity index (χ1) is 6.72. The van der Waals surface area contributed by atoms with Gasteiger partial charge in [-0.2, -0.15) is 0 Å². The third-order valence-electron chi connectivity index (χ3n) is 2.13. The zero-order valence-corrected chi connectivity index (χ0v) is 9.28. The molecule has 0 saturated carbocycles. The Morgan fingerprint density at radius 3 is 3.00 bits per heavy atom. The van der Waals surface area contributed by atoms with E-state index in [0.29, 0.717) is 11.9 Å². The maximum absolute atomic E-state index is 11.8. The summed E-state index contributed by atoms with van der Waals surface area (Å²) in [6, 6.07) is 5.49. The standard InChI is InChI=1S/C10H9BrN2O/c1-2-13-6-12-9-5-7(11)3-4-8(9)10(13)14/h3-6H,2H2,1H3. The molecule has 0 spiro atoms. The Kier molecular flexibility index (Phi) is 2.37. The van der Waals surface area contributed by atoms with Crippen molar-refractivity contribution >= 4 is 26.8 Å². The Labute approximate surface area is 89.5 Å². The number of fused-ring (bicyclic) bond motifs is 1. The van der Waals surface area contributed by atoms with Crippen LogP contribution in [0.25, 0.3) is 10.9 Å². The molecular weight excluding hydrogens is 244 g/mol. The van der Waals surface area contributed by atoms with Crippen molar-refractivity contribution in [3.8, 4) is 0 Å². The SMILES string of the molecule is CCn1cnc2cc(Br)ccc2c1=O. The summed E-state index contributed by atoms with van der Waals surface area (Å²) >= 11 is 3.34. The van der Waals surface area contributed by atoms with Gasteiger partial charge in [0.05, 0.1) is 17.2 Å². The van der Waals surface area contributed by atoms with Crippen LogP contribution in [0, 0.1) is 0 Å². The van der Waals surface area contributed by atoms with E-state index in [1.807, 2.05) is 19.1 Å². The first kappa shape index (κ1) is 9.40. The van der Waals surface area contributed by atoms with E-state index in [1.54, 1.807) is 17.0 Å². The molecule has 0 amide bonds. The van der Waals surface area contributed by atoms with E-state index in [9.17, 15) is 4.79 Å². The Balaban J connectivity index is 2.84. The quantitative estimate of drug-likeness (QED) is 0.780. The summed E-state index contributed by atoms with van der Waals surface area (Å²) in [7, 11) is 0. The monoisotopic (exact) mass is 252 g/mol. The topological polar surface area (TPSA) is 34.9 Å². The summed E-state index contributed by atoms with van der Waals surface area (Å²) in [5.41, 5.74) is 0.749. The molecule has 72 valence electrons. The van der Waals surface area contributed by atoms with E-state index in [2.05, 4.69) is 20.9 Å². The van der Waals surface area contributed by atoms with Gasteiger partial charge in [0.2, 0.25) is 0 Å². The molecule has 0 saturated heterocycles. The van der Waals surface area contributed by atoms with Gasteiger partial charge in [0, 0.05) is 11.0 Å². The fourth-order valence-corrected chi connectivity index (χ4v) is 1.71. The van der Waals surface area contributed by atoms with Gasteiger partial charge in [0.15, 0.2) is 0 Å². The van der Waals surface area contributed by atoms with Crippen LogP contribution in [0.3, 0.4) is 0 Å². The number of hydrogen-bond acceptors (Lipinski definition) is 2. The summed E-state index contributed by atoms with van der Waals surface area (Å²) < 4.78 is 2.53. The van der Waals surface area contributed by atoms with Crippen LogP contribution in [0.15, 0.2) is 33.8 Å². The van der Waals surface area contributed by atoms with E-state index in [4.69, 9.17) is 0 Å². The molecule has 0 aliphatic carbocycles. The molecule has 1 heterocycles. The smallest absolute Gasteiger partial charge is 0.261 e. The van der Waals surface area contributed by atoms with Crippen molar-refractivity contribution in [2.45, 2.75) is 13.5 Å². The molecule has 0 aliphatic heterocycles. The third-order valence-corrected chi connectivity index (χ3v) is 2.62. The first-order valence-corrected chi connectivity index (χ1v) is 5.16. The molecule has 4 heteroatoms. The van der Waals surface area contributed by atoms with Crippen LogP contribution in [0.4, 0.5) is 0 Å². The van der Waals surface area contributed by atoms with E-state index >= 15 is 0 Å². The fraction of sp³-hybridized carbons (Fsp3) is 0.200. The Bertz CT molecular complexity index is 533. The second-order valence-corrected chi connectivity index (χ2v) is 3.91. The molecule has 2 aromatic rings. The lowest BCUT2D eigenvalue weighted by Crippen LogP contribution is -2.19. The van der Waals surface area contributed by atoms with Crippen molar-refractivity contribution in [1.82, 2.24) is 9.55 Å². The molecule has 0 radical (unpaired) electrons. The van der Waals surface area contributed by atoms with Gasteiger partial charge in [-0.15, -0.1) is 0 Å². The highest BCUT2D eigenvalue weighted by Crippen LogP contribution is 2.14. The lowest BCUT2D eigenvalue weighted by Gasteiger charge is -2.02. The van der Waals surface area contributed by atoms with Crippen LogP contribution >= 0.6 is 15.9 Å². The zero-order chi connectivity index (χ0) is 10.1. The normalized spacial score (nSPS) is 10.7. The summed E-state index contributed by atoms with van der Waals surface area (Å²) in [5, 5.41) is 0.664. The minimum absolute atomic E-state index is 0.0185. The van der Waals surface area contributed by atoms with Gasteiger partial charge in [-0.25, -0.2) is 4.98 Å². The molecule has 1 aromatic heterocycles. The van der Waals surface area contributed by atoms with Gasteiger partial charge < -0.3 is 0 Å². The van der Waals surface area contributed by atoms with Crippen LogP contribution in [-0.2, 0) is 6.54 Å². The average Bonchev–Trinajstić information content (AvgIpc) is 2.18. The second-order valence-electron chi connectivity index (χ2n) is 3.00. The minimum atomic E-state index is 0.0185. The van der Waals surface area contributed by atoms with Crippen LogP contribution in [0.1, 0.15) is 6.92 Å². The van der Waals surface area contributed by atoms with Crippen LogP contribution in [0.5, 0.6) is 0 Å². The average molecular weight is 253 g/mol. The molecule has 0 fully saturated rings. The molecule has 0 atom stereocenters. The number of aromatic nitrogens is 2. The molecule has 14 heavy (non-hydrogen) atoms. The van der Waals surface area contributed by atoms with Crippen LogP contribution in [-0.4, -0.2) is 9.55 Å². The van der Waals surface area contributed by atoms with Gasteiger partial charge in [-0.3, -0.25) is 9.36 Å². The summed E-state index contributed by atoms with van der Waals surface area (Å²) in [6.45, 7) is 2.58. The predicted molar refractivity (Wildman–Crippen MR) is 59.4 cm³/mol. The molecule has 3 nitrogen and oxygen atoms in total. The van der Waals surface area contributed by atoms with Crippen LogP contribution in [0.2, 0.25) is 0 Å². The van der Waals surface area contributed by atoms with E-state index in [0.717, 1.165) is 9.99 Å². The van der Waals surface area contributed by atoms with Gasteiger partial charge >= 0.3 is 0 Å². The van der Waals surface area contributed by atoms with E-state index < -0.39 is 0 Å². The molecule has 0 N–H and O–H groups in total. The molecule has 2 rings (SSSR count). The fourth-order valence-electron chi connectivity index (χ4n) is 1.36. The number of halogens is 1. The predicted octanol–water partition coefficient (Wildman–Crippen LogP) is 2.18. The Morgan fingerprint density at radius 2 is 2.29 bits per heavy atom. The lowest BCUT2D eigenvalue weighted by atomic mass is 10.2. The highest BCUT2D eigenvalue weighted by atomic mass is 79.9. The van der Waals surface area contributed by atoms with Crippen LogP contribution < -0.4 is 5.56 Å². The molecule has 0 unspecified atom stereocenters. The van der Waals surface area contributed by atoms with Gasteiger partial charge in [0.25, 0.3) is 5.56 Å². The van der Waals surface area contributed by atoms with Crippen molar-refractivity contribution in [3.05, 3.63) is 39.4 Å². The van der Waals surface area contributed by atoms with Crippen molar-refractivity contribution in [1.29, 1.82) is 0 Å². The summed E-state index contributed by atoms with van der Waals surface area (Å²) in [6.07, 6.45) is 1.58. The Hall–Kier alpha value is -1.16. The van der Waals surface area contributed by atoms with Gasteiger partial charge in [-0.05, 0) is 25.1 Å². The second kappa shape index (κ2) is 3.53. The largest absolute Gasteiger partial charge is 0.299 e. The molecular formula is C10H9BrN2O. The zero-order valence-electron chi connectivity index (χ0n) is 7.70. The Morgan fingerprint density at radius 1 is 1.50 bits per heavy atom. The number of aryl methyl sites for hydroxylation is 1. The number of rotatable bonds is 1.